The van der Waals surface area contributed by atoms with E-state index in [9.17, 15) is 4.79 Å². The molecule has 0 aromatic rings. The third-order valence-corrected chi connectivity index (χ3v) is 4.25. The molecule has 0 heterocycles. The fourth-order valence-electron chi connectivity index (χ4n) is 2.52. The number of hydrogen-bond acceptors (Lipinski definition) is 2. The van der Waals surface area contributed by atoms with E-state index in [1.807, 2.05) is 20.8 Å². The van der Waals surface area contributed by atoms with Crippen molar-refractivity contribution in [3.05, 3.63) is 0 Å². The van der Waals surface area contributed by atoms with Crippen LogP contribution in [0.1, 0.15) is 104 Å². The number of alkyl halides is 1. The van der Waals surface area contributed by atoms with Gasteiger partial charge in [-0.25, -0.2) is 0 Å². The molecular formula is C19H37BrO2. The van der Waals surface area contributed by atoms with Gasteiger partial charge in [0.15, 0.2) is 0 Å². The molecule has 3 heteroatoms. The smallest absolute Gasteiger partial charge is 0.306 e. The lowest BCUT2D eigenvalue weighted by Gasteiger charge is -2.19. The zero-order chi connectivity index (χ0) is 16.7. The van der Waals surface area contributed by atoms with Gasteiger partial charge >= 0.3 is 5.97 Å². The van der Waals surface area contributed by atoms with Crippen molar-refractivity contribution in [2.24, 2.45) is 0 Å². The molecule has 0 fully saturated rings. The molecule has 0 spiro atoms. The first-order valence-corrected chi connectivity index (χ1v) is 10.4. The Morgan fingerprint density at radius 2 is 1.09 bits per heavy atom. The summed E-state index contributed by atoms with van der Waals surface area (Å²) >= 11 is 3.47. The summed E-state index contributed by atoms with van der Waals surface area (Å²) in [5.74, 6) is -0.0487. The van der Waals surface area contributed by atoms with E-state index in [0.29, 0.717) is 6.42 Å². The Bertz CT molecular complexity index is 259. The van der Waals surface area contributed by atoms with Gasteiger partial charge in [-0.3, -0.25) is 4.79 Å². The van der Waals surface area contributed by atoms with Gasteiger partial charge < -0.3 is 4.74 Å². The van der Waals surface area contributed by atoms with E-state index in [-0.39, 0.29) is 11.6 Å². The van der Waals surface area contributed by atoms with E-state index >= 15 is 0 Å². The van der Waals surface area contributed by atoms with E-state index < -0.39 is 0 Å². The van der Waals surface area contributed by atoms with Crippen LogP contribution in [0.5, 0.6) is 0 Å². The highest BCUT2D eigenvalue weighted by Crippen LogP contribution is 2.14. The van der Waals surface area contributed by atoms with Gasteiger partial charge in [0.2, 0.25) is 0 Å². The predicted molar refractivity (Wildman–Crippen MR) is 99.7 cm³/mol. The summed E-state index contributed by atoms with van der Waals surface area (Å²) in [5, 5.41) is 1.15. The van der Waals surface area contributed by atoms with Gasteiger partial charge in [-0.1, -0.05) is 80.1 Å². The standard InChI is InChI=1S/C19H37BrO2/c1-19(2,3)22-18(21)16-14-12-10-8-6-4-5-7-9-11-13-15-17-20/h4-17H2,1-3H3. The number of ether oxygens (including phenoxy) is 1. The van der Waals surface area contributed by atoms with Gasteiger partial charge in [-0.15, -0.1) is 0 Å². The predicted octanol–water partition coefficient (Wildman–Crippen LogP) is 6.79. The van der Waals surface area contributed by atoms with Crippen molar-refractivity contribution in [2.75, 3.05) is 5.33 Å². The Balaban J connectivity index is 3.16. The summed E-state index contributed by atoms with van der Waals surface area (Å²) in [6.07, 6.45) is 16.3. The minimum Gasteiger partial charge on any atom is -0.460 e. The lowest BCUT2D eigenvalue weighted by molar-refractivity contribution is -0.154. The zero-order valence-electron chi connectivity index (χ0n) is 15.1. The van der Waals surface area contributed by atoms with Crippen LogP contribution in [0, 0.1) is 0 Å². The average Bonchev–Trinajstić information content (AvgIpc) is 2.42. The number of halogens is 1. The number of carbonyl (C=O) groups excluding carboxylic acids is 1. The average molecular weight is 377 g/mol. The van der Waals surface area contributed by atoms with Gasteiger partial charge in [0.1, 0.15) is 5.60 Å². The second-order valence-electron chi connectivity index (χ2n) is 7.27. The molecule has 0 aliphatic rings. The molecule has 0 radical (unpaired) electrons. The number of hydrogen-bond donors (Lipinski definition) is 0. The first-order valence-electron chi connectivity index (χ1n) is 9.23. The van der Waals surface area contributed by atoms with Crippen LogP contribution in [0.15, 0.2) is 0 Å². The SMILES string of the molecule is CC(C)(C)OC(=O)CCCCCCCCCCCCCCBr. The van der Waals surface area contributed by atoms with Crippen molar-refractivity contribution in [2.45, 2.75) is 110 Å². The molecule has 0 amide bonds. The van der Waals surface area contributed by atoms with Gasteiger partial charge in [-0.2, -0.15) is 0 Å². The van der Waals surface area contributed by atoms with Crippen molar-refractivity contribution < 1.29 is 9.53 Å². The molecule has 2 nitrogen and oxygen atoms in total. The van der Waals surface area contributed by atoms with Crippen LogP contribution < -0.4 is 0 Å². The van der Waals surface area contributed by atoms with Gasteiger partial charge in [0.25, 0.3) is 0 Å². The number of rotatable bonds is 14. The molecule has 0 aromatic carbocycles. The maximum absolute atomic E-state index is 11.5. The Morgan fingerprint density at radius 1 is 0.727 bits per heavy atom. The second kappa shape index (κ2) is 14.5. The van der Waals surface area contributed by atoms with Crippen molar-refractivity contribution in [3.63, 3.8) is 0 Å². The van der Waals surface area contributed by atoms with Crippen LogP contribution in [0.3, 0.4) is 0 Å². The van der Waals surface area contributed by atoms with Crippen LogP contribution >= 0.6 is 15.9 Å². The molecule has 0 aliphatic carbocycles. The van der Waals surface area contributed by atoms with Gasteiger partial charge in [-0.05, 0) is 33.6 Å². The maximum atomic E-state index is 11.5. The number of esters is 1. The van der Waals surface area contributed by atoms with Gasteiger partial charge in [0, 0.05) is 11.8 Å². The number of carbonyl (C=O) groups is 1. The molecule has 132 valence electrons. The molecule has 0 atom stereocenters. The molecule has 0 N–H and O–H groups in total. The summed E-state index contributed by atoms with van der Waals surface area (Å²) < 4.78 is 5.30. The minimum absolute atomic E-state index is 0.0487. The van der Waals surface area contributed by atoms with Crippen LogP contribution in [0.4, 0.5) is 0 Å². The van der Waals surface area contributed by atoms with E-state index in [4.69, 9.17) is 4.74 Å². The molecule has 0 saturated heterocycles. The molecular weight excluding hydrogens is 340 g/mol. The normalized spacial score (nSPS) is 11.6. The molecule has 0 aliphatic heterocycles. The lowest BCUT2D eigenvalue weighted by Crippen LogP contribution is -2.23. The first-order chi connectivity index (χ1) is 10.5. The molecule has 0 unspecified atom stereocenters. The number of unbranched alkanes of at least 4 members (excludes halogenated alkanes) is 11. The molecule has 0 saturated carbocycles. The maximum Gasteiger partial charge on any atom is 0.306 e. The summed E-state index contributed by atoms with van der Waals surface area (Å²) in [7, 11) is 0. The van der Waals surface area contributed by atoms with Gasteiger partial charge in [0.05, 0.1) is 0 Å². The largest absolute Gasteiger partial charge is 0.460 e. The summed E-state index contributed by atoms with van der Waals surface area (Å²) in [5.41, 5.74) is -0.342. The molecule has 0 rings (SSSR count). The van der Waals surface area contributed by atoms with Crippen molar-refractivity contribution >= 4 is 21.9 Å². The van der Waals surface area contributed by atoms with E-state index in [2.05, 4.69) is 15.9 Å². The first kappa shape index (κ1) is 21.9. The summed E-state index contributed by atoms with van der Waals surface area (Å²) in [6, 6.07) is 0. The highest BCUT2D eigenvalue weighted by atomic mass is 79.9. The van der Waals surface area contributed by atoms with Crippen molar-refractivity contribution in [1.29, 1.82) is 0 Å². The highest BCUT2D eigenvalue weighted by Gasteiger charge is 2.15. The Kier molecular flexibility index (Phi) is 14.5. The van der Waals surface area contributed by atoms with Crippen LogP contribution in [0.25, 0.3) is 0 Å². The quantitative estimate of drug-likeness (QED) is 0.189. The Hall–Kier alpha value is -0.0500. The second-order valence-corrected chi connectivity index (χ2v) is 8.06. The minimum atomic E-state index is -0.342. The lowest BCUT2D eigenvalue weighted by atomic mass is 10.0. The van der Waals surface area contributed by atoms with E-state index in [0.717, 1.165) is 18.2 Å². The van der Waals surface area contributed by atoms with Crippen LogP contribution in [-0.2, 0) is 9.53 Å². The van der Waals surface area contributed by atoms with Crippen LogP contribution in [0.2, 0.25) is 0 Å². The van der Waals surface area contributed by atoms with E-state index in [1.54, 1.807) is 0 Å². The third-order valence-electron chi connectivity index (χ3n) is 3.68. The Morgan fingerprint density at radius 3 is 1.45 bits per heavy atom. The summed E-state index contributed by atoms with van der Waals surface area (Å²) in [6.45, 7) is 5.77. The summed E-state index contributed by atoms with van der Waals surface area (Å²) in [4.78, 5) is 11.5. The zero-order valence-corrected chi connectivity index (χ0v) is 16.7. The third kappa shape index (κ3) is 18.0. The fraction of sp³-hybridized carbons (Fsp3) is 0.947. The molecule has 0 bridgehead atoms. The van der Waals surface area contributed by atoms with Crippen molar-refractivity contribution in [3.8, 4) is 0 Å². The van der Waals surface area contributed by atoms with Crippen LogP contribution in [-0.4, -0.2) is 16.9 Å². The topological polar surface area (TPSA) is 26.3 Å². The van der Waals surface area contributed by atoms with E-state index in [1.165, 1.54) is 64.2 Å². The fourth-order valence-corrected chi connectivity index (χ4v) is 2.92. The monoisotopic (exact) mass is 376 g/mol. The van der Waals surface area contributed by atoms with Crippen molar-refractivity contribution in [1.82, 2.24) is 0 Å². The Labute approximate surface area is 146 Å². The molecule has 0 aromatic heterocycles. The highest BCUT2D eigenvalue weighted by molar-refractivity contribution is 9.09. The molecule has 22 heavy (non-hydrogen) atoms.